The van der Waals surface area contributed by atoms with E-state index in [0.717, 1.165) is 24.1 Å². The monoisotopic (exact) mass is 310 g/mol. The minimum absolute atomic E-state index is 0.241. The van der Waals surface area contributed by atoms with E-state index in [4.69, 9.17) is 0 Å². The fraction of sp³-hybridized carbons (Fsp3) is 0.562. The normalized spacial score (nSPS) is 11.8. The van der Waals surface area contributed by atoms with E-state index in [1.807, 2.05) is 6.92 Å². The van der Waals surface area contributed by atoms with Gasteiger partial charge in [0.25, 0.3) is 10.0 Å². The number of hydrogen-bond acceptors (Lipinski definition) is 3. The Morgan fingerprint density at radius 2 is 1.52 bits per heavy atom. The van der Waals surface area contributed by atoms with Crippen LogP contribution in [0.5, 0.6) is 0 Å². The van der Waals surface area contributed by atoms with Crippen molar-refractivity contribution in [2.75, 3.05) is 0 Å². The predicted molar refractivity (Wildman–Crippen MR) is 87.8 cm³/mol. The summed E-state index contributed by atoms with van der Waals surface area (Å²) in [7, 11) is -3.58. The van der Waals surface area contributed by atoms with E-state index in [1.165, 1.54) is 0 Å². The number of hydrazone groups is 1. The second-order valence-electron chi connectivity index (χ2n) is 6.28. The third-order valence-corrected chi connectivity index (χ3v) is 4.17. The third kappa shape index (κ3) is 6.29. The topological polar surface area (TPSA) is 58.5 Å². The minimum Gasteiger partial charge on any atom is -0.200 e. The molecule has 0 heterocycles. The van der Waals surface area contributed by atoms with Crippen LogP contribution in [0.4, 0.5) is 0 Å². The molecule has 1 N–H and O–H groups in total. The summed E-state index contributed by atoms with van der Waals surface area (Å²) in [6.07, 6.45) is 1.60. The van der Waals surface area contributed by atoms with Crippen LogP contribution in [0.1, 0.15) is 46.1 Å². The van der Waals surface area contributed by atoms with E-state index < -0.39 is 10.0 Å². The largest absolute Gasteiger partial charge is 0.276 e. The molecule has 0 aliphatic heterocycles. The van der Waals surface area contributed by atoms with Gasteiger partial charge in [-0.15, -0.1) is 0 Å². The Hall–Kier alpha value is -1.36. The SMILES string of the molecule is Cc1ccc(S(=O)(=O)NN=C(CC(C)C)CC(C)C)cc1. The lowest BCUT2D eigenvalue weighted by atomic mass is 9.99. The Morgan fingerprint density at radius 3 is 1.95 bits per heavy atom. The van der Waals surface area contributed by atoms with E-state index in [0.29, 0.717) is 11.8 Å². The van der Waals surface area contributed by atoms with Crippen molar-refractivity contribution in [1.82, 2.24) is 4.83 Å². The standard InChI is InChI=1S/C16H26N2O2S/c1-12(2)10-15(11-13(3)4)17-18-21(19,20)16-8-6-14(5)7-9-16/h6-9,12-13,18H,10-11H2,1-5H3. The van der Waals surface area contributed by atoms with E-state index in [1.54, 1.807) is 24.3 Å². The highest BCUT2D eigenvalue weighted by atomic mass is 32.2. The van der Waals surface area contributed by atoms with Gasteiger partial charge in [-0.1, -0.05) is 45.4 Å². The number of nitrogens with zero attached hydrogens (tertiary/aromatic N) is 1. The van der Waals surface area contributed by atoms with Gasteiger partial charge in [-0.25, -0.2) is 4.83 Å². The molecular weight excluding hydrogens is 284 g/mol. The zero-order valence-electron chi connectivity index (χ0n) is 13.6. The van der Waals surface area contributed by atoms with Crippen LogP contribution in [-0.4, -0.2) is 14.1 Å². The first-order valence-electron chi connectivity index (χ1n) is 7.34. The first-order valence-corrected chi connectivity index (χ1v) is 8.83. The molecular formula is C16H26N2O2S. The maximum absolute atomic E-state index is 12.2. The van der Waals surface area contributed by atoms with Crippen molar-refractivity contribution in [3.8, 4) is 0 Å². The molecule has 0 spiro atoms. The second-order valence-corrected chi connectivity index (χ2v) is 7.94. The van der Waals surface area contributed by atoms with Crippen molar-refractivity contribution in [2.24, 2.45) is 16.9 Å². The molecule has 1 aromatic carbocycles. The zero-order chi connectivity index (χ0) is 16.0. The summed E-state index contributed by atoms with van der Waals surface area (Å²) in [5, 5.41) is 4.15. The van der Waals surface area contributed by atoms with Crippen LogP contribution >= 0.6 is 0 Å². The summed E-state index contributed by atoms with van der Waals surface area (Å²) in [4.78, 5) is 2.61. The van der Waals surface area contributed by atoms with E-state index in [9.17, 15) is 8.42 Å². The summed E-state index contributed by atoms with van der Waals surface area (Å²) in [5.74, 6) is 0.901. The fourth-order valence-electron chi connectivity index (χ4n) is 2.01. The van der Waals surface area contributed by atoms with Gasteiger partial charge in [0.1, 0.15) is 0 Å². The zero-order valence-corrected chi connectivity index (χ0v) is 14.4. The fourth-order valence-corrected chi connectivity index (χ4v) is 2.86. The van der Waals surface area contributed by atoms with E-state index in [2.05, 4.69) is 37.6 Å². The van der Waals surface area contributed by atoms with Crippen LogP contribution < -0.4 is 4.83 Å². The Labute approximate surface area is 128 Å². The lowest BCUT2D eigenvalue weighted by molar-refractivity contribution is 0.581. The van der Waals surface area contributed by atoms with Crippen molar-refractivity contribution < 1.29 is 8.42 Å². The first-order chi connectivity index (χ1) is 9.70. The molecule has 0 aromatic heterocycles. The molecule has 21 heavy (non-hydrogen) atoms. The Kier molecular flexibility index (Phi) is 6.40. The quantitative estimate of drug-likeness (QED) is 0.616. The van der Waals surface area contributed by atoms with Crippen LogP contribution in [0.25, 0.3) is 0 Å². The van der Waals surface area contributed by atoms with Gasteiger partial charge in [0, 0.05) is 5.71 Å². The summed E-state index contributed by atoms with van der Waals surface area (Å²) >= 11 is 0. The number of rotatable bonds is 7. The van der Waals surface area contributed by atoms with Gasteiger partial charge in [0.05, 0.1) is 4.90 Å². The summed E-state index contributed by atoms with van der Waals surface area (Å²) in [6.45, 7) is 10.3. The van der Waals surface area contributed by atoms with Gasteiger partial charge in [-0.2, -0.15) is 13.5 Å². The molecule has 0 saturated carbocycles. The van der Waals surface area contributed by atoms with Gasteiger partial charge in [0.15, 0.2) is 0 Å². The molecule has 0 amide bonds. The van der Waals surface area contributed by atoms with Gasteiger partial charge in [0.2, 0.25) is 0 Å². The number of sulfonamides is 1. The highest BCUT2D eigenvalue weighted by molar-refractivity contribution is 7.89. The minimum atomic E-state index is -3.58. The Bertz CT molecular complexity index is 561. The molecule has 0 aliphatic rings. The van der Waals surface area contributed by atoms with Crippen molar-refractivity contribution in [2.45, 2.75) is 52.4 Å². The predicted octanol–water partition coefficient (Wildman–Crippen LogP) is 3.72. The molecule has 0 saturated heterocycles. The molecule has 0 aliphatic carbocycles. The molecule has 1 aromatic rings. The van der Waals surface area contributed by atoms with Crippen LogP contribution in [0.15, 0.2) is 34.3 Å². The lowest BCUT2D eigenvalue weighted by Gasteiger charge is -2.12. The third-order valence-electron chi connectivity index (χ3n) is 2.94. The van der Waals surface area contributed by atoms with E-state index >= 15 is 0 Å². The van der Waals surface area contributed by atoms with Crippen LogP contribution in [0.3, 0.4) is 0 Å². The van der Waals surface area contributed by atoms with Crippen LogP contribution in [0, 0.1) is 18.8 Å². The highest BCUT2D eigenvalue weighted by Gasteiger charge is 2.14. The van der Waals surface area contributed by atoms with Gasteiger partial charge in [-0.05, 0) is 43.7 Å². The number of hydrogen-bond donors (Lipinski definition) is 1. The first kappa shape index (κ1) is 17.7. The lowest BCUT2D eigenvalue weighted by Crippen LogP contribution is -2.21. The molecule has 0 atom stereocenters. The molecule has 0 radical (unpaired) electrons. The highest BCUT2D eigenvalue weighted by Crippen LogP contribution is 2.12. The summed E-state index contributed by atoms with van der Waals surface area (Å²) < 4.78 is 24.4. The number of aryl methyl sites for hydroxylation is 1. The van der Waals surface area contributed by atoms with Crippen molar-refractivity contribution in [1.29, 1.82) is 0 Å². The average molecular weight is 310 g/mol. The second kappa shape index (κ2) is 7.59. The molecule has 5 heteroatoms. The number of nitrogens with one attached hydrogen (secondary N) is 1. The van der Waals surface area contributed by atoms with E-state index in [-0.39, 0.29) is 4.90 Å². The van der Waals surface area contributed by atoms with Gasteiger partial charge >= 0.3 is 0 Å². The van der Waals surface area contributed by atoms with Crippen LogP contribution in [0.2, 0.25) is 0 Å². The molecule has 1 rings (SSSR count). The molecule has 0 unspecified atom stereocenters. The summed E-state index contributed by atoms with van der Waals surface area (Å²) in [5.41, 5.74) is 1.92. The van der Waals surface area contributed by atoms with Crippen molar-refractivity contribution >= 4 is 15.7 Å². The Morgan fingerprint density at radius 1 is 1.05 bits per heavy atom. The van der Waals surface area contributed by atoms with Crippen molar-refractivity contribution in [3.05, 3.63) is 29.8 Å². The van der Waals surface area contributed by atoms with Gasteiger partial charge < -0.3 is 0 Å². The average Bonchev–Trinajstić information content (AvgIpc) is 2.35. The maximum Gasteiger partial charge on any atom is 0.276 e. The Balaban J connectivity index is 2.89. The van der Waals surface area contributed by atoms with Gasteiger partial charge in [-0.3, -0.25) is 0 Å². The molecule has 118 valence electrons. The maximum atomic E-state index is 12.2. The van der Waals surface area contributed by atoms with Crippen LogP contribution in [-0.2, 0) is 10.0 Å². The summed E-state index contributed by atoms with van der Waals surface area (Å²) in [6, 6.07) is 6.75. The molecule has 0 fully saturated rings. The molecule has 0 bridgehead atoms. The molecule has 4 nitrogen and oxygen atoms in total. The number of benzene rings is 1. The smallest absolute Gasteiger partial charge is 0.200 e. The van der Waals surface area contributed by atoms with Crippen molar-refractivity contribution in [3.63, 3.8) is 0 Å².